The second-order valence-corrected chi connectivity index (χ2v) is 4.93. The van der Waals surface area contributed by atoms with Gasteiger partial charge in [-0.1, -0.05) is 15.9 Å². The summed E-state index contributed by atoms with van der Waals surface area (Å²) in [5.41, 5.74) is 7.11. The predicted octanol–water partition coefficient (Wildman–Crippen LogP) is 1.18. The smallest absolute Gasteiger partial charge is 0.238 e. The van der Waals surface area contributed by atoms with E-state index >= 15 is 0 Å². The number of carbonyl (C=O) groups excluding carboxylic acids is 1. The average molecular weight is 314 g/mol. The summed E-state index contributed by atoms with van der Waals surface area (Å²) >= 11 is 3.41. The normalized spacial score (nSPS) is 15.6. The van der Waals surface area contributed by atoms with Gasteiger partial charge in [-0.3, -0.25) is 4.79 Å². The molecular formula is C12H16BrN3O2. The Balaban J connectivity index is 2.24. The molecule has 1 aromatic carbocycles. The number of amides is 1. The van der Waals surface area contributed by atoms with E-state index in [1.54, 1.807) is 0 Å². The Morgan fingerprint density at radius 2 is 2.17 bits per heavy atom. The van der Waals surface area contributed by atoms with Gasteiger partial charge in [0, 0.05) is 17.6 Å². The second-order valence-electron chi connectivity index (χ2n) is 4.01. The van der Waals surface area contributed by atoms with E-state index in [9.17, 15) is 4.79 Å². The molecule has 0 radical (unpaired) electrons. The zero-order valence-electron chi connectivity index (χ0n) is 9.99. The molecule has 5 nitrogen and oxygen atoms in total. The summed E-state index contributed by atoms with van der Waals surface area (Å²) in [6, 6.07) is 5.84. The molecule has 0 aliphatic carbocycles. The van der Waals surface area contributed by atoms with Gasteiger partial charge >= 0.3 is 0 Å². The van der Waals surface area contributed by atoms with Crippen molar-refractivity contribution in [3.8, 4) is 0 Å². The van der Waals surface area contributed by atoms with E-state index in [-0.39, 0.29) is 12.5 Å². The van der Waals surface area contributed by atoms with Gasteiger partial charge in [-0.15, -0.1) is 0 Å². The molecule has 98 valence electrons. The number of morpholine rings is 1. The molecule has 0 atom stereocenters. The van der Waals surface area contributed by atoms with Crippen LogP contribution in [-0.2, 0) is 9.53 Å². The van der Waals surface area contributed by atoms with Crippen molar-refractivity contribution in [1.82, 2.24) is 0 Å². The van der Waals surface area contributed by atoms with Crippen LogP contribution < -0.4 is 16.0 Å². The fourth-order valence-corrected chi connectivity index (χ4v) is 2.25. The van der Waals surface area contributed by atoms with Crippen LogP contribution in [0.3, 0.4) is 0 Å². The molecule has 1 aliphatic heterocycles. The number of benzene rings is 1. The Labute approximate surface area is 114 Å². The number of nitrogens with two attached hydrogens (primary N) is 1. The molecule has 6 heteroatoms. The molecule has 1 fully saturated rings. The molecule has 1 aromatic rings. The van der Waals surface area contributed by atoms with Crippen molar-refractivity contribution in [2.45, 2.75) is 0 Å². The topological polar surface area (TPSA) is 67.6 Å². The molecule has 3 N–H and O–H groups in total. The Bertz CT molecular complexity index is 433. The molecule has 0 saturated carbocycles. The lowest BCUT2D eigenvalue weighted by atomic mass is 10.2. The molecule has 2 rings (SSSR count). The molecule has 1 saturated heterocycles. The van der Waals surface area contributed by atoms with Crippen molar-refractivity contribution in [2.75, 3.05) is 43.1 Å². The lowest BCUT2D eigenvalue weighted by Gasteiger charge is -2.30. The third-order valence-corrected chi connectivity index (χ3v) is 3.26. The van der Waals surface area contributed by atoms with Crippen molar-refractivity contribution in [2.24, 2.45) is 5.73 Å². The molecule has 1 amide bonds. The minimum absolute atomic E-state index is 0.0188. The summed E-state index contributed by atoms with van der Waals surface area (Å²) < 4.78 is 6.25. The van der Waals surface area contributed by atoms with Crippen LogP contribution in [0, 0.1) is 0 Å². The first-order valence-corrected chi connectivity index (χ1v) is 6.62. The average Bonchev–Trinajstić information content (AvgIpc) is 2.40. The first kappa shape index (κ1) is 13.3. The van der Waals surface area contributed by atoms with Gasteiger partial charge in [0.05, 0.1) is 31.1 Å². The molecule has 18 heavy (non-hydrogen) atoms. The van der Waals surface area contributed by atoms with Crippen LogP contribution in [0.5, 0.6) is 0 Å². The Morgan fingerprint density at radius 3 is 2.83 bits per heavy atom. The van der Waals surface area contributed by atoms with Crippen LogP contribution in [0.2, 0.25) is 0 Å². The van der Waals surface area contributed by atoms with E-state index in [1.807, 2.05) is 18.2 Å². The summed E-state index contributed by atoms with van der Waals surface area (Å²) in [4.78, 5) is 13.6. The lowest BCUT2D eigenvalue weighted by Crippen LogP contribution is -2.37. The number of hydrogen-bond acceptors (Lipinski definition) is 4. The van der Waals surface area contributed by atoms with Crippen molar-refractivity contribution in [1.29, 1.82) is 0 Å². The maximum absolute atomic E-state index is 11.4. The second kappa shape index (κ2) is 6.17. The fourth-order valence-electron chi connectivity index (χ4n) is 1.89. The molecule has 1 heterocycles. The third-order valence-electron chi connectivity index (χ3n) is 2.77. The quantitative estimate of drug-likeness (QED) is 0.879. The van der Waals surface area contributed by atoms with Gasteiger partial charge in [0.2, 0.25) is 5.91 Å². The highest BCUT2D eigenvalue weighted by atomic mass is 79.9. The standard InChI is InChI=1S/C12H16BrN3O2/c13-9-1-2-11(16-3-5-18-6-4-16)10(7-9)15-12(17)8-14/h1-2,7H,3-6,8,14H2,(H,15,17). The van der Waals surface area contributed by atoms with Crippen LogP contribution in [0.4, 0.5) is 11.4 Å². The van der Waals surface area contributed by atoms with E-state index in [0.717, 1.165) is 28.9 Å². The van der Waals surface area contributed by atoms with Gasteiger partial charge in [-0.25, -0.2) is 0 Å². The van der Waals surface area contributed by atoms with Gasteiger partial charge in [-0.05, 0) is 18.2 Å². The first-order chi connectivity index (χ1) is 8.70. The zero-order chi connectivity index (χ0) is 13.0. The Kier molecular flexibility index (Phi) is 4.57. The maximum atomic E-state index is 11.4. The third kappa shape index (κ3) is 3.22. The maximum Gasteiger partial charge on any atom is 0.238 e. The summed E-state index contributed by atoms with van der Waals surface area (Å²) in [5.74, 6) is -0.192. The van der Waals surface area contributed by atoms with Gasteiger partial charge in [-0.2, -0.15) is 0 Å². The van der Waals surface area contributed by atoms with Gasteiger partial charge in [0.25, 0.3) is 0 Å². The highest BCUT2D eigenvalue weighted by Gasteiger charge is 2.16. The number of hydrogen-bond donors (Lipinski definition) is 2. The summed E-state index contributed by atoms with van der Waals surface area (Å²) in [5, 5.41) is 2.82. The Hall–Kier alpha value is -1.11. The van der Waals surface area contributed by atoms with Crippen molar-refractivity contribution >= 4 is 33.2 Å². The van der Waals surface area contributed by atoms with Gasteiger partial charge < -0.3 is 20.7 Å². The van der Waals surface area contributed by atoms with Crippen molar-refractivity contribution in [3.63, 3.8) is 0 Å². The first-order valence-electron chi connectivity index (χ1n) is 5.83. The minimum atomic E-state index is -0.192. The molecule has 1 aliphatic rings. The molecule has 0 aromatic heterocycles. The van der Waals surface area contributed by atoms with E-state index in [1.165, 1.54) is 0 Å². The van der Waals surface area contributed by atoms with E-state index in [4.69, 9.17) is 10.5 Å². The van der Waals surface area contributed by atoms with E-state index < -0.39 is 0 Å². The minimum Gasteiger partial charge on any atom is -0.378 e. The zero-order valence-corrected chi connectivity index (χ0v) is 11.6. The monoisotopic (exact) mass is 313 g/mol. The number of anilines is 2. The number of rotatable bonds is 3. The predicted molar refractivity (Wildman–Crippen MR) is 74.9 cm³/mol. The van der Waals surface area contributed by atoms with Crippen LogP contribution >= 0.6 is 15.9 Å². The molecule has 0 unspecified atom stereocenters. The largest absolute Gasteiger partial charge is 0.378 e. The number of halogens is 1. The van der Waals surface area contributed by atoms with Crippen LogP contribution in [-0.4, -0.2) is 38.8 Å². The number of ether oxygens (including phenoxy) is 1. The molecular weight excluding hydrogens is 298 g/mol. The van der Waals surface area contributed by atoms with Crippen LogP contribution in [0.25, 0.3) is 0 Å². The number of carbonyl (C=O) groups is 1. The van der Waals surface area contributed by atoms with E-state index in [0.29, 0.717) is 13.2 Å². The number of nitrogens with one attached hydrogen (secondary N) is 1. The Morgan fingerprint density at radius 1 is 1.44 bits per heavy atom. The highest BCUT2D eigenvalue weighted by molar-refractivity contribution is 9.10. The lowest BCUT2D eigenvalue weighted by molar-refractivity contribution is -0.114. The van der Waals surface area contributed by atoms with Crippen LogP contribution in [0.15, 0.2) is 22.7 Å². The SMILES string of the molecule is NCC(=O)Nc1cc(Br)ccc1N1CCOCC1. The van der Waals surface area contributed by atoms with Crippen molar-refractivity contribution < 1.29 is 9.53 Å². The molecule has 0 spiro atoms. The van der Waals surface area contributed by atoms with Gasteiger partial charge in [0.1, 0.15) is 0 Å². The van der Waals surface area contributed by atoms with Crippen LogP contribution in [0.1, 0.15) is 0 Å². The summed E-state index contributed by atoms with van der Waals surface area (Å²) in [7, 11) is 0. The van der Waals surface area contributed by atoms with Gasteiger partial charge in [0.15, 0.2) is 0 Å². The fraction of sp³-hybridized carbons (Fsp3) is 0.417. The molecule has 0 bridgehead atoms. The summed E-state index contributed by atoms with van der Waals surface area (Å²) in [6.07, 6.45) is 0. The summed E-state index contributed by atoms with van der Waals surface area (Å²) in [6.45, 7) is 3.05. The van der Waals surface area contributed by atoms with Crippen molar-refractivity contribution in [3.05, 3.63) is 22.7 Å². The highest BCUT2D eigenvalue weighted by Crippen LogP contribution is 2.29. The number of nitrogens with zero attached hydrogens (tertiary/aromatic N) is 1. The van der Waals surface area contributed by atoms with E-state index in [2.05, 4.69) is 26.1 Å².